The van der Waals surface area contributed by atoms with Gasteiger partial charge in [-0.3, -0.25) is 0 Å². The second-order valence-electron chi connectivity index (χ2n) is 4.18. The van der Waals surface area contributed by atoms with Gasteiger partial charge in [0, 0.05) is 23.5 Å². The monoisotopic (exact) mass is 244 g/mol. The molecule has 2 aromatic heterocycles. The lowest BCUT2D eigenvalue weighted by molar-refractivity contribution is 0.584. The van der Waals surface area contributed by atoms with Crippen LogP contribution in [0.1, 0.15) is 5.69 Å². The van der Waals surface area contributed by atoms with Crippen molar-refractivity contribution in [2.24, 2.45) is 0 Å². The summed E-state index contributed by atoms with van der Waals surface area (Å²) >= 11 is 0. The van der Waals surface area contributed by atoms with Crippen LogP contribution < -0.4 is 0 Å². The second-order valence-corrected chi connectivity index (χ2v) is 4.18. The quantitative estimate of drug-likeness (QED) is 0.639. The largest absolute Gasteiger partial charge is 0.304 e. The normalized spacial score (nSPS) is 11.1. The second kappa shape index (κ2) is 3.91. The van der Waals surface area contributed by atoms with Crippen molar-refractivity contribution < 1.29 is 8.78 Å². The Morgan fingerprint density at radius 3 is 2.44 bits per heavy atom. The van der Waals surface area contributed by atoms with Gasteiger partial charge in [-0.15, -0.1) is 0 Å². The first-order valence-corrected chi connectivity index (χ1v) is 5.55. The molecule has 0 amide bonds. The van der Waals surface area contributed by atoms with Crippen LogP contribution in [-0.2, 0) is 0 Å². The van der Waals surface area contributed by atoms with Gasteiger partial charge in [0.15, 0.2) is 0 Å². The van der Waals surface area contributed by atoms with Gasteiger partial charge < -0.3 is 4.40 Å². The van der Waals surface area contributed by atoms with E-state index < -0.39 is 11.6 Å². The summed E-state index contributed by atoms with van der Waals surface area (Å²) in [6, 6.07) is 9.11. The third-order valence-corrected chi connectivity index (χ3v) is 2.85. The number of nitrogens with zero attached hydrogens (tertiary/aromatic N) is 2. The number of aryl methyl sites for hydroxylation is 1. The van der Waals surface area contributed by atoms with Crippen molar-refractivity contribution in [2.75, 3.05) is 0 Å². The summed E-state index contributed by atoms with van der Waals surface area (Å²) in [7, 11) is 0. The van der Waals surface area contributed by atoms with Gasteiger partial charge >= 0.3 is 0 Å². The number of fused-ring (bicyclic) bond motifs is 1. The first-order chi connectivity index (χ1) is 8.63. The average Bonchev–Trinajstić information content (AvgIpc) is 2.73. The highest BCUT2D eigenvalue weighted by Crippen LogP contribution is 2.22. The molecule has 0 saturated carbocycles. The number of pyridine rings is 1. The topological polar surface area (TPSA) is 17.3 Å². The summed E-state index contributed by atoms with van der Waals surface area (Å²) < 4.78 is 28.2. The van der Waals surface area contributed by atoms with Crippen LogP contribution >= 0.6 is 0 Å². The van der Waals surface area contributed by atoms with Crippen LogP contribution in [0.5, 0.6) is 0 Å². The maximum absolute atomic E-state index is 13.2. The van der Waals surface area contributed by atoms with Crippen LogP contribution in [0.4, 0.5) is 8.78 Å². The Bertz CT molecular complexity index is 711. The van der Waals surface area contributed by atoms with E-state index in [1.165, 1.54) is 12.1 Å². The fourth-order valence-corrected chi connectivity index (χ4v) is 1.99. The lowest BCUT2D eigenvalue weighted by atomic mass is 10.1. The van der Waals surface area contributed by atoms with Crippen LogP contribution in [0.2, 0.25) is 0 Å². The minimum atomic E-state index is -0.598. The van der Waals surface area contributed by atoms with Crippen molar-refractivity contribution in [3.63, 3.8) is 0 Å². The van der Waals surface area contributed by atoms with E-state index in [0.29, 0.717) is 11.3 Å². The third kappa shape index (κ3) is 1.76. The number of imidazole rings is 1. The van der Waals surface area contributed by atoms with E-state index in [9.17, 15) is 8.78 Å². The first-order valence-electron chi connectivity index (χ1n) is 5.55. The molecule has 3 rings (SSSR count). The molecule has 2 nitrogen and oxygen atoms in total. The van der Waals surface area contributed by atoms with Crippen LogP contribution in [-0.4, -0.2) is 9.38 Å². The lowest BCUT2D eigenvalue weighted by Crippen LogP contribution is -1.86. The zero-order valence-electron chi connectivity index (χ0n) is 9.69. The summed E-state index contributed by atoms with van der Waals surface area (Å²) in [5.74, 6) is -1.20. The van der Waals surface area contributed by atoms with Gasteiger partial charge in [-0.25, -0.2) is 13.8 Å². The predicted octanol–water partition coefficient (Wildman–Crippen LogP) is 3.59. The summed E-state index contributed by atoms with van der Waals surface area (Å²) in [4.78, 5) is 4.36. The number of aromatic nitrogens is 2. The molecule has 0 bridgehead atoms. The molecular formula is C14H10F2N2. The van der Waals surface area contributed by atoms with E-state index in [0.717, 1.165) is 17.4 Å². The van der Waals surface area contributed by atoms with Gasteiger partial charge in [0.05, 0.1) is 5.69 Å². The molecule has 0 aliphatic heterocycles. The van der Waals surface area contributed by atoms with Gasteiger partial charge in [0.1, 0.15) is 17.3 Å². The van der Waals surface area contributed by atoms with Crippen molar-refractivity contribution in [3.05, 3.63) is 59.9 Å². The minimum absolute atomic E-state index is 0.440. The molecule has 18 heavy (non-hydrogen) atoms. The van der Waals surface area contributed by atoms with Crippen LogP contribution in [0.15, 0.2) is 42.6 Å². The maximum Gasteiger partial charge on any atom is 0.137 e. The van der Waals surface area contributed by atoms with E-state index in [-0.39, 0.29) is 0 Å². The van der Waals surface area contributed by atoms with Gasteiger partial charge in [-0.2, -0.15) is 0 Å². The smallest absolute Gasteiger partial charge is 0.137 e. The molecule has 0 aliphatic rings. The Labute approximate surface area is 103 Å². The van der Waals surface area contributed by atoms with Crippen LogP contribution in [0.25, 0.3) is 16.9 Å². The van der Waals surface area contributed by atoms with E-state index in [4.69, 9.17) is 0 Å². The van der Waals surface area contributed by atoms with Crippen molar-refractivity contribution in [1.82, 2.24) is 9.38 Å². The third-order valence-electron chi connectivity index (χ3n) is 2.85. The van der Waals surface area contributed by atoms with E-state index >= 15 is 0 Å². The summed E-state index contributed by atoms with van der Waals surface area (Å²) in [6.45, 7) is 1.95. The summed E-state index contributed by atoms with van der Waals surface area (Å²) in [5, 5.41) is 0. The zero-order valence-corrected chi connectivity index (χ0v) is 9.69. The molecule has 3 aromatic rings. The number of halogens is 2. The van der Waals surface area contributed by atoms with E-state index in [1.54, 1.807) is 6.20 Å². The highest BCUT2D eigenvalue weighted by Gasteiger charge is 2.08. The van der Waals surface area contributed by atoms with Crippen molar-refractivity contribution in [3.8, 4) is 11.3 Å². The molecule has 2 heterocycles. The molecule has 0 atom stereocenters. The molecule has 0 unspecified atom stereocenters. The standard InChI is InChI=1S/C14H10F2N2/c1-9-3-2-4-14-17-13(8-18(9)14)10-5-11(15)7-12(16)6-10/h2-8H,1H3. The Balaban J connectivity index is 2.22. The lowest BCUT2D eigenvalue weighted by Gasteiger charge is -1.97. The zero-order chi connectivity index (χ0) is 12.7. The van der Waals surface area contributed by atoms with Crippen LogP contribution in [0, 0.1) is 18.6 Å². The Morgan fingerprint density at radius 2 is 1.78 bits per heavy atom. The number of rotatable bonds is 1. The van der Waals surface area contributed by atoms with Crippen molar-refractivity contribution in [2.45, 2.75) is 6.92 Å². The summed E-state index contributed by atoms with van der Waals surface area (Å²) in [6.07, 6.45) is 1.78. The SMILES string of the molecule is Cc1cccc2nc(-c3cc(F)cc(F)c3)cn12. The molecule has 0 N–H and O–H groups in total. The predicted molar refractivity (Wildman–Crippen MR) is 65.3 cm³/mol. The molecule has 0 fully saturated rings. The first kappa shape index (κ1) is 10.9. The highest BCUT2D eigenvalue weighted by molar-refractivity contribution is 5.63. The van der Waals surface area contributed by atoms with Gasteiger partial charge in [0.25, 0.3) is 0 Å². The minimum Gasteiger partial charge on any atom is -0.304 e. The summed E-state index contributed by atoms with van der Waals surface area (Å²) in [5.41, 5.74) is 2.77. The van der Waals surface area contributed by atoms with Gasteiger partial charge in [-0.05, 0) is 31.2 Å². The Morgan fingerprint density at radius 1 is 1.06 bits per heavy atom. The average molecular weight is 244 g/mol. The molecule has 0 saturated heterocycles. The van der Waals surface area contributed by atoms with E-state index in [2.05, 4.69) is 4.98 Å². The highest BCUT2D eigenvalue weighted by atomic mass is 19.1. The van der Waals surface area contributed by atoms with Gasteiger partial charge in [-0.1, -0.05) is 6.07 Å². The molecule has 90 valence electrons. The van der Waals surface area contributed by atoms with Crippen LogP contribution in [0.3, 0.4) is 0 Å². The number of hydrogen-bond donors (Lipinski definition) is 0. The molecule has 1 aromatic carbocycles. The molecule has 0 aliphatic carbocycles. The fraction of sp³-hybridized carbons (Fsp3) is 0.0714. The Hall–Kier alpha value is -2.23. The van der Waals surface area contributed by atoms with Gasteiger partial charge in [0.2, 0.25) is 0 Å². The molecule has 0 radical (unpaired) electrons. The van der Waals surface area contributed by atoms with E-state index in [1.807, 2.05) is 29.5 Å². The Kier molecular flexibility index (Phi) is 2.37. The molecule has 0 spiro atoms. The molecule has 4 heteroatoms. The van der Waals surface area contributed by atoms with Crippen molar-refractivity contribution >= 4 is 5.65 Å². The maximum atomic E-state index is 13.2. The number of hydrogen-bond acceptors (Lipinski definition) is 1. The number of benzene rings is 1. The fourth-order valence-electron chi connectivity index (χ4n) is 1.99. The molecular weight excluding hydrogens is 234 g/mol. The van der Waals surface area contributed by atoms with Crippen molar-refractivity contribution in [1.29, 1.82) is 0 Å².